The maximum absolute atomic E-state index is 13.1. The van der Waals surface area contributed by atoms with Crippen LogP contribution < -0.4 is 0 Å². The summed E-state index contributed by atoms with van der Waals surface area (Å²) in [4.78, 5) is 2.09. The molecule has 0 aromatic heterocycles. The van der Waals surface area contributed by atoms with E-state index in [2.05, 4.69) is 11.0 Å². The zero-order valence-electron chi connectivity index (χ0n) is 11.7. The number of fused-ring (bicyclic) bond motifs is 1. The van der Waals surface area contributed by atoms with Crippen LogP contribution >= 0.6 is 0 Å². The molecule has 3 heteroatoms. The van der Waals surface area contributed by atoms with Gasteiger partial charge in [0, 0.05) is 13.1 Å². The molecule has 1 N–H and O–H groups in total. The van der Waals surface area contributed by atoms with E-state index in [4.69, 9.17) is 0 Å². The predicted octanol–water partition coefficient (Wildman–Crippen LogP) is 2.82. The van der Waals surface area contributed by atoms with Gasteiger partial charge in [-0.3, -0.25) is 4.90 Å². The number of hydrogen-bond donors (Lipinski definition) is 1. The van der Waals surface area contributed by atoms with Crippen molar-refractivity contribution in [3.05, 3.63) is 70.5 Å². The van der Waals surface area contributed by atoms with Crippen LogP contribution in [-0.2, 0) is 12.1 Å². The summed E-state index contributed by atoms with van der Waals surface area (Å²) in [5, 5.41) is 11.2. The first-order valence-electron chi connectivity index (χ1n) is 6.76. The Morgan fingerprint density at radius 1 is 1.15 bits per heavy atom. The third kappa shape index (κ3) is 2.13. The molecule has 0 bridgehead atoms. The molecule has 0 aliphatic carbocycles. The van der Waals surface area contributed by atoms with E-state index in [1.165, 1.54) is 17.7 Å². The molecule has 2 nitrogen and oxygen atoms in total. The number of likely N-dealkylation sites (N-methyl/N-ethyl adjacent to an activating group) is 1. The van der Waals surface area contributed by atoms with Crippen LogP contribution in [0.5, 0.6) is 0 Å². The van der Waals surface area contributed by atoms with Crippen LogP contribution in [-0.4, -0.2) is 23.6 Å². The summed E-state index contributed by atoms with van der Waals surface area (Å²) in [6.45, 7) is 3.38. The van der Waals surface area contributed by atoms with Crippen LogP contribution in [0.25, 0.3) is 0 Å². The van der Waals surface area contributed by atoms with E-state index in [0.717, 1.165) is 23.2 Å². The number of halogens is 1. The normalized spacial score (nSPS) is 22.6. The Balaban J connectivity index is 2.16. The molecule has 0 radical (unpaired) electrons. The van der Waals surface area contributed by atoms with Crippen LogP contribution in [0.2, 0.25) is 0 Å². The molecule has 1 aliphatic heterocycles. The number of benzene rings is 2. The number of aryl methyl sites for hydroxylation is 1. The second-order valence-corrected chi connectivity index (χ2v) is 5.70. The summed E-state index contributed by atoms with van der Waals surface area (Å²) in [6, 6.07) is 12.2. The lowest BCUT2D eigenvalue weighted by molar-refractivity contribution is 0.0282. The molecule has 0 spiro atoms. The zero-order valence-corrected chi connectivity index (χ0v) is 11.7. The highest BCUT2D eigenvalue weighted by Crippen LogP contribution is 2.37. The molecule has 0 saturated heterocycles. The SMILES string of the molecule is Cc1ccc2c(c1)CN(C)CC2(O)c1ccc(F)cc1. The van der Waals surface area contributed by atoms with Gasteiger partial charge >= 0.3 is 0 Å². The molecule has 0 fully saturated rings. The fourth-order valence-corrected chi connectivity index (χ4v) is 3.05. The maximum atomic E-state index is 13.1. The van der Waals surface area contributed by atoms with Gasteiger partial charge in [-0.15, -0.1) is 0 Å². The van der Waals surface area contributed by atoms with Gasteiger partial charge < -0.3 is 5.11 Å². The minimum absolute atomic E-state index is 0.286. The Kier molecular flexibility index (Phi) is 3.11. The van der Waals surface area contributed by atoms with Gasteiger partial charge in [0.05, 0.1) is 0 Å². The Morgan fingerprint density at radius 2 is 1.85 bits per heavy atom. The Bertz CT molecular complexity index is 638. The number of hydrogen-bond acceptors (Lipinski definition) is 2. The van der Waals surface area contributed by atoms with Gasteiger partial charge in [0.25, 0.3) is 0 Å². The first-order valence-corrected chi connectivity index (χ1v) is 6.76. The number of nitrogens with zero attached hydrogens (tertiary/aromatic N) is 1. The van der Waals surface area contributed by atoms with Crippen molar-refractivity contribution in [3.8, 4) is 0 Å². The molecular weight excluding hydrogens is 253 g/mol. The summed E-state index contributed by atoms with van der Waals surface area (Å²) in [5.74, 6) is -0.286. The van der Waals surface area contributed by atoms with Gasteiger partial charge in [0.15, 0.2) is 0 Å². The quantitative estimate of drug-likeness (QED) is 0.862. The number of aliphatic hydroxyl groups is 1. The van der Waals surface area contributed by atoms with Crippen LogP contribution in [0.4, 0.5) is 4.39 Å². The van der Waals surface area contributed by atoms with Crippen molar-refractivity contribution in [1.82, 2.24) is 4.90 Å². The molecule has 1 atom stereocenters. The molecule has 2 aromatic carbocycles. The lowest BCUT2D eigenvalue weighted by atomic mass is 9.80. The molecule has 104 valence electrons. The zero-order chi connectivity index (χ0) is 14.3. The second-order valence-electron chi connectivity index (χ2n) is 5.70. The average Bonchev–Trinajstić information content (AvgIpc) is 2.38. The molecule has 0 amide bonds. The van der Waals surface area contributed by atoms with E-state index in [9.17, 15) is 9.50 Å². The van der Waals surface area contributed by atoms with Gasteiger partial charge in [-0.2, -0.15) is 0 Å². The molecule has 1 heterocycles. The van der Waals surface area contributed by atoms with E-state index in [1.807, 2.05) is 26.1 Å². The second kappa shape index (κ2) is 4.69. The monoisotopic (exact) mass is 271 g/mol. The van der Waals surface area contributed by atoms with E-state index in [1.54, 1.807) is 12.1 Å². The van der Waals surface area contributed by atoms with Crippen molar-refractivity contribution in [2.24, 2.45) is 0 Å². The fraction of sp³-hybridized carbons (Fsp3) is 0.294. The summed E-state index contributed by atoms with van der Waals surface area (Å²) in [7, 11) is 1.99. The van der Waals surface area contributed by atoms with E-state index >= 15 is 0 Å². The summed E-state index contributed by atoms with van der Waals surface area (Å²) in [5.41, 5.74) is 2.89. The van der Waals surface area contributed by atoms with Crippen LogP contribution in [0.15, 0.2) is 42.5 Å². The van der Waals surface area contributed by atoms with Crippen molar-refractivity contribution in [2.75, 3.05) is 13.6 Å². The lowest BCUT2D eigenvalue weighted by Crippen LogP contribution is -2.44. The fourth-order valence-electron chi connectivity index (χ4n) is 3.05. The average molecular weight is 271 g/mol. The highest BCUT2D eigenvalue weighted by atomic mass is 19.1. The van der Waals surface area contributed by atoms with Crippen molar-refractivity contribution in [1.29, 1.82) is 0 Å². The molecule has 0 saturated carbocycles. The minimum atomic E-state index is -1.08. The third-order valence-corrected chi connectivity index (χ3v) is 3.97. The largest absolute Gasteiger partial charge is 0.379 e. The summed E-state index contributed by atoms with van der Waals surface area (Å²) in [6.07, 6.45) is 0. The van der Waals surface area contributed by atoms with Crippen LogP contribution in [0.3, 0.4) is 0 Å². The third-order valence-electron chi connectivity index (χ3n) is 3.97. The smallest absolute Gasteiger partial charge is 0.128 e. The van der Waals surface area contributed by atoms with Gasteiger partial charge in [0.1, 0.15) is 11.4 Å². The van der Waals surface area contributed by atoms with E-state index < -0.39 is 5.60 Å². The number of β-amino-alcohol motifs (C(OH)–C–C–N with tert-alkyl or cyclic N) is 1. The summed E-state index contributed by atoms with van der Waals surface area (Å²) < 4.78 is 13.1. The summed E-state index contributed by atoms with van der Waals surface area (Å²) >= 11 is 0. The Labute approximate surface area is 118 Å². The number of rotatable bonds is 1. The van der Waals surface area contributed by atoms with Gasteiger partial charge in [-0.1, -0.05) is 35.9 Å². The predicted molar refractivity (Wildman–Crippen MR) is 76.9 cm³/mol. The first-order chi connectivity index (χ1) is 9.49. The van der Waals surface area contributed by atoms with E-state index in [0.29, 0.717) is 6.54 Å². The topological polar surface area (TPSA) is 23.5 Å². The molecule has 1 aliphatic rings. The van der Waals surface area contributed by atoms with Gasteiger partial charge in [-0.05, 0) is 42.8 Å². The van der Waals surface area contributed by atoms with Gasteiger partial charge in [0.2, 0.25) is 0 Å². The standard InChI is InChI=1S/C17H18FNO/c1-12-3-8-16-13(9-12)10-19(2)11-17(16,20)14-4-6-15(18)7-5-14/h3-9,20H,10-11H2,1-2H3. The molecular formula is C17H18FNO. The van der Waals surface area contributed by atoms with Gasteiger partial charge in [-0.25, -0.2) is 4.39 Å². The maximum Gasteiger partial charge on any atom is 0.128 e. The highest BCUT2D eigenvalue weighted by Gasteiger charge is 2.38. The van der Waals surface area contributed by atoms with Crippen molar-refractivity contribution < 1.29 is 9.50 Å². The molecule has 1 unspecified atom stereocenters. The van der Waals surface area contributed by atoms with E-state index in [-0.39, 0.29) is 5.82 Å². The minimum Gasteiger partial charge on any atom is -0.379 e. The lowest BCUT2D eigenvalue weighted by Gasteiger charge is -2.39. The Hall–Kier alpha value is -1.71. The van der Waals surface area contributed by atoms with Crippen molar-refractivity contribution in [2.45, 2.75) is 19.1 Å². The van der Waals surface area contributed by atoms with Crippen molar-refractivity contribution in [3.63, 3.8) is 0 Å². The van der Waals surface area contributed by atoms with Crippen LogP contribution in [0, 0.1) is 12.7 Å². The first kappa shape index (κ1) is 13.3. The molecule has 20 heavy (non-hydrogen) atoms. The molecule has 3 rings (SSSR count). The Morgan fingerprint density at radius 3 is 2.55 bits per heavy atom. The van der Waals surface area contributed by atoms with Crippen molar-refractivity contribution >= 4 is 0 Å². The molecule has 2 aromatic rings. The van der Waals surface area contributed by atoms with Crippen LogP contribution in [0.1, 0.15) is 22.3 Å². The highest BCUT2D eigenvalue weighted by molar-refractivity contribution is 5.44.